The smallest absolute Gasteiger partial charge is 0.159 e. The lowest BCUT2D eigenvalue weighted by atomic mass is 9.79. The maximum absolute atomic E-state index is 13.0. The van der Waals surface area contributed by atoms with E-state index < -0.39 is 0 Å². The summed E-state index contributed by atoms with van der Waals surface area (Å²) in [5, 5.41) is 0. The molecule has 3 heteroatoms. The van der Waals surface area contributed by atoms with E-state index in [1.165, 1.54) is 50.9 Å². The minimum Gasteiger partial charge on any atom is -0.238 e. The van der Waals surface area contributed by atoms with Gasteiger partial charge in [-0.15, -0.1) is 0 Å². The second-order valence-electron chi connectivity index (χ2n) is 5.70. The summed E-state index contributed by atoms with van der Waals surface area (Å²) in [6.07, 6.45) is 12.1. The Morgan fingerprint density at radius 1 is 0.947 bits per heavy atom. The van der Waals surface area contributed by atoms with Gasteiger partial charge in [0, 0.05) is 5.41 Å². The van der Waals surface area contributed by atoms with Crippen LogP contribution in [0.25, 0.3) is 0 Å². The van der Waals surface area contributed by atoms with Crippen LogP contribution in [0.5, 0.6) is 0 Å². The predicted molar refractivity (Wildman–Crippen MR) is 77.6 cm³/mol. The van der Waals surface area contributed by atoms with Gasteiger partial charge in [-0.3, -0.25) is 0 Å². The third-order valence-corrected chi connectivity index (χ3v) is 3.82. The van der Waals surface area contributed by atoms with Crippen LogP contribution in [0.1, 0.15) is 78.0 Å². The number of halogens is 1. The fourth-order valence-electron chi connectivity index (χ4n) is 2.48. The summed E-state index contributed by atoms with van der Waals surface area (Å²) >= 11 is 0. The average molecular weight is 266 g/mol. The highest BCUT2D eigenvalue weighted by atomic mass is 19.1. The van der Waals surface area contributed by atoms with Crippen LogP contribution in [0.2, 0.25) is 0 Å². The Hall–Kier alpha value is -0.990. The van der Waals surface area contributed by atoms with E-state index in [1.807, 2.05) is 0 Å². The zero-order valence-corrected chi connectivity index (χ0v) is 12.6. The second-order valence-corrected chi connectivity index (χ2v) is 5.70. The monoisotopic (exact) mass is 266 g/mol. The van der Waals surface area contributed by atoms with Gasteiger partial charge in [-0.1, -0.05) is 59.3 Å². The second kappa shape index (κ2) is 8.23. The topological polar surface area (TPSA) is 25.8 Å². The molecule has 0 aliphatic heterocycles. The molecule has 0 amide bonds. The van der Waals surface area contributed by atoms with Crippen molar-refractivity contribution in [2.24, 2.45) is 0 Å². The fourth-order valence-corrected chi connectivity index (χ4v) is 2.48. The molecule has 1 unspecified atom stereocenters. The van der Waals surface area contributed by atoms with Gasteiger partial charge in [0.25, 0.3) is 0 Å². The highest BCUT2D eigenvalue weighted by Gasteiger charge is 2.28. The van der Waals surface area contributed by atoms with E-state index in [-0.39, 0.29) is 11.2 Å². The van der Waals surface area contributed by atoms with Crippen LogP contribution in [0.4, 0.5) is 4.39 Å². The van der Waals surface area contributed by atoms with Crippen LogP contribution in [0.15, 0.2) is 12.4 Å². The molecule has 0 saturated heterocycles. The minimum absolute atomic E-state index is 0.00253. The predicted octanol–water partition coefficient (Wildman–Crippen LogP) is 5.03. The lowest BCUT2D eigenvalue weighted by molar-refractivity contribution is 0.348. The summed E-state index contributed by atoms with van der Waals surface area (Å²) in [4.78, 5) is 8.43. The molecule has 0 N–H and O–H groups in total. The zero-order valence-electron chi connectivity index (χ0n) is 12.6. The lowest BCUT2D eigenvalue weighted by Gasteiger charge is -2.28. The van der Waals surface area contributed by atoms with Crippen LogP contribution in [0.3, 0.4) is 0 Å². The summed E-state index contributed by atoms with van der Waals surface area (Å²) in [6, 6.07) is 0. The first-order valence-corrected chi connectivity index (χ1v) is 7.60. The van der Waals surface area contributed by atoms with Gasteiger partial charge in [-0.05, 0) is 12.8 Å². The van der Waals surface area contributed by atoms with E-state index in [4.69, 9.17) is 0 Å². The molecule has 0 aliphatic rings. The van der Waals surface area contributed by atoms with E-state index in [1.54, 1.807) is 0 Å². The molecule has 0 radical (unpaired) electrons. The van der Waals surface area contributed by atoms with Crippen molar-refractivity contribution in [1.82, 2.24) is 9.97 Å². The quantitative estimate of drug-likeness (QED) is 0.585. The molecule has 1 aromatic rings. The molecular weight excluding hydrogens is 239 g/mol. The molecule has 0 bridgehead atoms. The van der Waals surface area contributed by atoms with Crippen LogP contribution in [-0.4, -0.2) is 9.97 Å². The SMILES string of the molecule is CCCCCCC(C)(CCCC)c1ncc(F)cn1. The van der Waals surface area contributed by atoms with Crippen molar-refractivity contribution in [3.8, 4) is 0 Å². The summed E-state index contributed by atoms with van der Waals surface area (Å²) in [7, 11) is 0. The molecule has 0 aliphatic carbocycles. The molecule has 1 atom stereocenters. The molecule has 2 nitrogen and oxygen atoms in total. The molecule has 0 fully saturated rings. The van der Waals surface area contributed by atoms with Gasteiger partial charge in [0.05, 0.1) is 12.4 Å². The van der Waals surface area contributed by atoms with Crippen LogP contribution >= 0.6 is 0 Å². The molecule has 0 saturated carbocycles. The number of nitrogens with zero attached hydrogens (tertiary/aromatic N) is 2. The van der Waals surface area contributed by atoms with E-state index >= 15 is 0 Å². The maximum Gasteiger partial charge on any atom is 0.159 e. The van der Waals surface area contributed by atoms with E-state index in [0.29, 0.717) is 0 Å². The first-order valence-electron chi connectivity index (χ1n) is 7.60. The molecule has 0 spiro atoms. The Morgan fingerprint density at radius 2 is 1.53 bits per heavy atom. The van der Waals surface area contributed by atoms with Crippen molar-refractivity contribution in [2.45, 2.75) is 77.6 Å². The van der Waals surface area contributed by atoms with E-state index in [9.17, 15) is 4.39 Å². The average Bonchev–Trinajstić information content (AvgIpc) is 2.42. The van der Waals surface area contributed by atoms with Gasteiger partial charge in [-0.25, -0.2) is 14.4 Å². The Labute approximate surface area is 116 Å². The zero-order chi connectivity index (χ0) is 14.1. The Kier molecular flexibility index (Phi) is 6.96. The number of unbranched alkanes of at least 4 members (excludes halogenated alkanes) is 4. The Morgan fingerprint density at radius 3 is 2.11 bits per heavy atom. The van der Waals surface area contributed by atoms with Crippen LogP contribution < -0.4 is 0 Å². The Balaban J connectivity index is 2.70. The summed E-state index contributed by atoms with van der Waals surface area (Å²) in [5.74, 6) is 0.450. The van der Waals surface area contributed by atoms with Crippen molar-refractivity contribution in [1.29, 1.82) is 0 Å². The number of hydrogen-bond acceptors (Lipinski definition) is 2. The summed E-state index contributed by atoms with van der Waals surface area (Å²) in [6.45, 7) is 6.64. The van der Waals surface area contributed by atoms with Gasteiger partial charge < -0.3 is 0 Å². The highest BCUT2D eigenvalue weighted by molar-refractivity contribution is 5.06. The molecule has 19 heavy (non-hydrogen) atoms. The number of hydrogen-bond donors (Lipinski definition) is 0. The third kappa shape index (κ3) is 5.25. The van der Waals surface area contributed by atoms with Gasteiger partial charge in [-0.2, -0.15) is 0 Å². The van der Waals surface area contributed by atoms with Gasteiger partial charge in [0.2, 0.25) is 0 Å². The van der Waals surface area contributed by atoms with Gasteiger partial charge in [0.15, 0.2) is 5.82 Å². The normalized spacial score (nSPS) is 14.3. The summed E-state index contributed by atoms with van der Waals surface area (Å²) in [5.41, 5.74) is -0.00253. The molecule has 0 aromatic carbocycles. The number of rotatable bonds is 9. The first kappa shape index (κ1) is 16.1. The molecular formula is C16H27FN2. The third-order valence-electron chi connectivity index (χ3n) is 3.82. The lowest BCUT2D eigenvalue weighted by Crippen LogP contribution is -2.25. The Bertz CT molecular complexity index is 350. The van der Waals surface area contributed by atoms with E-state index in [2.05, 4.69) is 30.7 Å². The first-order chi connectivity index (χ1) is 9.12. The van der Waals surface area contributed by atoms with E-state index in [0.717, 1.165) is 18.7 Å². The van der Waals surface area contributed by atoms with Gasteiger partial charge in [0.1, 0.15) is 5.82 Å². The molecule has 1 aromatic heterocycles. The van der Waals surface area contributed by atoms with Gasteiger partial charge >= 0.3 is 0 Å². The van der Waals surface area contributed by atoms with Crippen molar-refractivity contribution in [3.63, 3.8) is 0 Å². The van der Waals surface area contributed by atoms with Crippen molar-refractivity contribution in [2.75, 3.05) is 0 Å². The van der Waals surface area contributed by atoms with Crippen molar-refractivity contribution < 1.29 is 4.39 Å². The standard InChI is InChI=1S/C16H27FN2/c1-4-6-8-9-11-16(3,10-7-5-2)15-18-12-14(17)13-19-15/h12-13H,4-11H2,1-3H3. The fraction of sp³-hybridized carbons (Fsp3) is 0.750. The maximum atomic E-state index is 13.0. The van der Waals surface area contributed by atoms with Crippen LogP contribution in [0, 0.1) is 5.82 Å². The largest absolute Gasteiger partial charge is 0.238 e. The van der Waals surface area contributed by atoms with Crippen molar-refractivity contribution >= 4 is 0 Å². The van der Waals surface area contributed by atoms with Crippen LogP contribution in [-0.2, 0) is 5.41 Å². The molecule has 1 heterocycles. The minimum atomic E-state index is -0.354. The number of aromatic nitrogens is 2. The summed E-state index contributed by atoms with van der Waals surface area (Å²) < 4.78 is 13.0. The van der Waals surface area contributed by atoms with Crippen molar-refractivity contribution in [3.05, 3.63) is 24.0 Å². The molecule has 108 valence electrons. The molecule has 1 rings (SSSR count). The highest BCUT2D eigenvalue weighted by Crippen LogP contribution is 2.32.